The monoisotopic (exact) mass is 547 g/mol. The van der Waals surface area contributed by atoms with Crippen molar-refractivity contribution in [2.45, 2.75) is 44.3 Å². The van der Waals surface area contributed by atoms with Crippen LogP contribution in [0.3, 0.4) is 0 Å². The molecule has 0 unspecified atom stereocenters. The van der Waals surface area contributed by atoms with Crippen LogP contribution in [0.4, 0.5) is 13.2 Å². The van der Waals surface area contributed by atoms with Crippen LogP contribution in [0, 0.1) is 13.8 Å². The van der Waals surface area contributed by atoms with Crippen molar-refractivity contribution in [3.63, 3.8) is 0 Å². The Morgan fingerprint density at radius 3 is 2.34 bits per heavy atom. The first-order chi connectivity index (χ1) is 17.9. The second-order valence-electron chi connectivity index (χ2n) is 9.12. The van der Waals surface area contributed by atoms with Crippen LogP contribution >= 0.6 is 0 Å². The minimum Gasteiger partial charge on any atom is -0.326 e. The zero-order chi connectivity index (χ0) is 27.2. The molecule has 0 spiro atoms. The normalized spacial score (nSPS) is 14.9. The number of hydrogen-bond donors (Lipinski definition) is 0. The van der Waals surface area contributed by atoms with Crippen molar-refractivity contribution >= 4 is 27.0 Å². The van der Waals surface area contributed by atoms with Gasteiger partial charge in [0.15, 0.2) is 5.65 Å². The molecule has 1 aromatic carbocycles. The fourth-order valence-corrected chi connectivity index (χ4v) is 6.12. The number of hydrogen-bond acceptors (Lipinski definition) is 6. The fraction of sp³-hybridized carbons (Fsp3) is 0.320. The predicted octanol–water partition coefficient (Wildman–Crippen LogP) is 3.87. The molecule has 0 bridgehead atoms. The molecule has 0 radical (unpaired) electrons. The first kappa shape index (κ1) is 25.9. The number of carbonyl (C=O) groups is 1. The van der Waals surface area contributed by atoms with Crippen molar-refractivity contribution in [3.05, 3.63) is 65.7 Å². The van der Waals surface area contributed by atoms with E-state index >= 15 is 0 Å². The summed E-state index contributed by atoms with van der Waals surface area (Å²) >= 11 is 0. The molecule has 1 fully saturated rings. The second kappa shape index (κ2) is 9.55. The van der Waals surface area contributed by atoms with Crippen molar-refractivity contribution in [1.29, 1.82) is 0 Å². The number of carbonyl (C=O) groups excluding carboxylic acids is 1. The molecule has 0 N–H and O–H groups in total. The molecule has 5 rings (SSSR count). The fourth-order valence-electron chi connectivity index (χ4n) is 4.60. The Bertz CT molecular complexity index is 1620. The highest BCUT2D eigenvalue weighted by atomic mass is 32.2. The van der Waals surface area contributed by atoms with E-state index in [1.807, 2.05) is 6.07 Å². The molecule has 38 heavy (non-hydrogen) atoms. The van der Waals surface area contributed by atoms with Crippen LogP contribution < -0.4 is 4.84 Å². The summed E-state index contributed by atoms with van der Waals surface area (Å²) in [5, 5.41) is 4.78. The van der Waals surface area contributed by atoms with Gasteiger partial charge >= 0.3 is 12.1 Å². The standard InChI is InChI=1S/C25H24F3N5O4S/c1-16-13-17(2)32(30-16)15-19-14-22-21(9-10-29-23(22)33(19)37-24(34)25(26,27)28)18-5-7-20(8-6-18)38(35,36)31-11-3-4-12-31/h5-10,13-14H,3-4,11-12,15H2,1-2H3. The highest BCUT2D eigenvalue weighted by Gasteiger charge is 2.42. The number of aromatic nitrogens is 4. The molecular formula is C25H24F3N5O4S. The van der Waals surface area contributed by atoms with Crippen LogP contribution in [0.15, 0.2) is 53.6 Å². The van der Waals surface area contributed by atoms with Crippen molar-refractivity contribution in [2.75, 3.05) is 13.1 Å². The van der Waals surface area contributed by atoms with E-state index in [1.165, 1.54) is 22.6 Å². The van der Waals surface area contributed by atoms with Gasteiger partial charge in [0, 0.05) is 30.4 Å². The quantitative estimate of drug-likeness (QED) is 0.364. The van der Waals surface area contributed by atoms with Gasteiger partial charge in [-0.15, -0.1) is 0 Å². The number of nitrogens with zero attached hydrogens (tertiary/aromatic N) is 5. The minimum absolute atomic E-state index is 0.00500. The number of alkyl halides is 3. The molecule has 0 amide bonds. The third-order valence-corrected chi connectivity index (χ3v) is 8.34. The van der Waals surface area contributed by atoms with Gasteiger partial charge in [-0.1, -0.05) is 12.1 Å². The average molecular weight is 548 g/mol. The van der Waals surface area contributed by atoms with Gasteiger partial charge in [0.05, 0.1) is 22.8 Å². The van der Waals surface area contributed by atoms with E-state index in [2.05, 4.69) is 10.1 Å². The summed E-state index contributed by atoms with van der Waals surface area (Å²) in [6, 6.07) is 11.4. The predicted molar refractivity (Wildman–Crippen MR) is 132 cm³/mol. The molecule has 3 aromatic heterocycles. The van der Waals surface area contributed by atoms with E-state index < -0.39 is 22.2 Å². The van der Waals surface area contributed by atoms with Gasteiger partial charge in [0.2, 0.25) is 10.0 Å². The third-order valence-electron chi connectivity index (χ3n) is 6.42. The lowest BCUT2D eigenvalue weighted by molar-refractivity contribution is -0.199. The van der Waals surface area contributed by atoms with Gasteiger partial charge in [-0.25, -0.2) is 18.2 Å². The number of fused-ring (bicyclic) bond motifs is 1. The summed E-state index contributed by atoms with van der Waals surface area (Å²) in [5.41, 5.74) is 2.92. The lowest BCUT2D eigenvalue weighted by Gasteiger charge is -2.15. The molecule has 1 aliphatic heterocycles. The van der Waals surface area contributed by atoms with Crippen LogP contribution in [0.25, 0.3) is 22.2 Å². The Morgan fingerprint density at radius 2 is 1.74 bits per heavy atom. The van der Waals surface area contributed by atoms with Gasteiger partial charge in [-0.2, -0.15) is 27.3 Å². The van der Waals surface area contributed by atoms with Crippen LogP contribution in [-0.4, -0.2) is 57.5 Å². The van der Waals surface area contributed by atoms with Crippen molar-refractivity contribution in [2.24, 2.45) is 0 Å². The highest BCUT2D eigenvalue weighted by molar-refractivity contribution is 7.89. The maximum Gasteiger partial charge on any atom is 0.493 e. The SMILES string of the molecule is Cc1cc(C)n(Cc2cc3c(-c4ccc(S(=O)(=O)N5CCCC5)cc4)ccnc3n2OC(=O)C(F)(F)F)n1. The second-order valence-corrected chi connectivity index (χ2v) is 11.1. The van der Waals surface area contributed by atoms with E-state index in [0.717, 1.165) is 29.0 Å². The molecule has 9 nitrogen and oxygen atoms in total. The summed E-state index contributed by atoms with van der Waals surface area (Å²) in [6.45, 7) is 4.58. The van der Waals surface area contributed by atoms with Gasteiger partial charge < -0.3 is 4.84 Å². The number of pyridine rings is 1. The largest absolute Gasteiger partial charge is 0.493 e. The maximum absolute atomic E-state index is 13.1. The summed E-state index contributed by atoms with van der Waals surface area (Å²) < 4.78 is 68.8. The number of benzene rings is 1. The van der Waals surface area contributed by atoms with E-state index in [-0.39, 0.29) is 22.8 Å². The van der Waals surface area contributed by atoms with Crippen LogP contribution in [-0.2, 0) is 21.4 Å². The van der Waals surface area contributed by atoms with Crippen LogP contribution in [0.2, 0.25) is 0 Å². The summed E-state index contributed by atoms with van der Waals surface area (Å²) in [5.74, 6) is -2.38. The Labute approximate surface area is 216 Å². The third kappa shape index (κ3) is 4.78. The van der Waals surface area contributed by atoms with Crippen LogP contribution in [0.1, 0.15) is 29.9 Å². The molecule has 0 aliphatic carbocycles. The van der Waals surface area contributed by atoms with E-state index in [0.29, 0.717) is 29.6 Å². The van der Waals surface area contributed by atoms with E-state index in [1.54, 1.807) is 42.8 Å². The number of rotatable bonds is 6. The lowest BCUT2D eigenvalue weighted by Crippen LogP contribution is -2.34. The van der Waals surface area contributed by atoms with Crippen molar-refractivity contribution < 1.29 is 31.2 Å². The minimum atomic E-state index is -5.21. The molecule has 4 aromatic rings. The molecule has 4 heterocycles. The number of sulfonamides is 1. The Hall–Kier alpha value is -3.71. The van der Waals surface area contributed by atoms with Crippen LogP contribution in [0.5, 0.6) is 0 Å². The van der Waals surface area contributed by atoms with Gasteiger partial charge in [0.1, 0.15) is 0 Å². The molecule has 0 saturated carbocycles. The van der Waals surface area contributed by atoms with Gasteiger partial charge in [-0.05, 0) is 68.1 Å². The Morgan fingerprint density at radius 1 is 1.05 bits per heavy atom. The number of halogens is 3. The summed E-state index contributed by atoms with van der Waals surface area (Å²) in [6.07, 6.45) is -2.18. The highest BCUT2D eigenvalue weighted by Crippen LogP contribution is 2.32. The molecule has 0 atom stereocenters. The maximum atomic E-state index is 13.1. The zero-order valence-electron chi connectivity index (χ0n) is 20.6. The van der Waals surface area contributed by atoms with Gasteiger partial charge in [0.25, 0.3) is 0 Å². The van der Waals surface area contributed by atoms with Crippen molar-refractivity contribution in [3.8, 4) is 11.1 Å². The Kier molecular flexibility index (Phi) is 6.51. The topological polar surface area (TPSA) is 99.3 Å². The van der Waals surface area contributed by atoms with Crippen molar-refractivity contribution in [1.82, 2.24) is 23.8 Å². The average Bonchev–Trinajstić information content (AvgIpc) is 3.59. The first-order valence-corrected chi connectivity index (χ1v) is 13.3. The number of aryl methyl sites for hydroxylation is 2. The molecular weight excluding hydrogens is 523 g/mol. The smallest absolute Gasteiger partial charge is 0.326 e. The zero-order valence-corrected chi connectivity index (χ0v) is 21.4. The molecule has 1 saturated heterocycles. The molecule has 1 aliphatic rings. The van der Waals surface area contributed by atoms with E-state index in [9.17, 15) is 26.4 Å². The summed E-state index contributed by atoms with van der Waals surface area (Å²) in [7, 11) is -3.60. The van der Waals surface area contributed by atoms with E-state index in [4.69, 9.17) is 4.84 Å². The first-order valence-electron chi connectivity index (χ1n) is 11.9. The van der Waals surface area contributed by atoms with Gasteiger partial charge in [-0.3, -0.25) is 4.68 Å². The lowest BCUT2D eigenvalue weighted by atomic mass is 10.0. The Balaban J connectivity index is 1.58. The molecule has 13 heteroatoms. The summed E-state index contributed by atoms with van der Waals surface area (Å²) in [4.78, 5) is 20.9. The molecule has 200 valence electrons.